The van der Waals surface area contributed by atoms with E-state index in [4.69, 9.17) is 5.11 Å². The lowest BCUT2D eigenvalue weighted by Gasteiger charge is -2.27. The molecule has 0 saturated heterocycles. The van der Waals surface area contributed by atoms with Crippen molar-refractivity contribution in [3.63, 3.8) is 0 Å². The Hall–Kier alpha value is -1.61. The smallest absolute Gasteiger partial charge is 0.328 e. The Morgan fingerprint density at radius 2 is 2.10 bits per heavy atom. The van der Waals surface area contributed by atoms with Crippen LogP contribution in [0.4, 0.5) is 0 Å². The maximum absolute atomic E-state index is 10.6. The quantitative estimate of drug-likeness (QED) is 0.809. The standard InChI is InChI=1S/C18H25NO2/c1-19(13-16-6-3-2-4-7-16)14-17-9-5-8-15(12-17)10-11-18(20)21/h5,8-12,16H,2-4,6-7,13-14H2,1H3,(H,20,21). The molecule has 0 atom stereocenters. The molecule has 0 unspecified atom stereocenters. The van der Waals surface area contributed by atoms with Crippen molar-refractivity contribution >= 4 is 12.0 Å². The number of rotatable bonds is 6. The molecule has 0 radical (unpaired) electrons. The highest BCUT2D eigenvalue weighted by Crippen LogP contribution is 2.24. The number of nitrogens with zero attached hydrogens (tertiary/aromatic N) is 1. The van der Waals surface area contributed by atoms with Gasteiger partial charge in [-0.05, 0) is 43.0 Å². The zero-order valence-corrected chi connectivity index (χ0v) is 12.8. The van der Waals surface area contributed by atoms with Crippen LogP contribution in [0.25, 0.3) is 6.08 Å². The molecule has 0 aliphatic heterocycles. The third-order valence-corrected chi connectivity index (χ3v) is 4.12. The third-order valence-electron chi connectivity index (χ3n) is 4.12. The van der Waals surface area contributed by atoms with Crippen LogP contribution in [0.3, 0.4) is 0 Å². The number of carboxylic acid groups (broad SMARTS) is 1. The lowest BCUT2D eigenvalue weighted by Crippen LogP contribution is -2.26. The maximum atomic E-state index is 10.6. The van der Waals surface area contributed by atoms with Gasteiger partial charge in [-0.3, -0.25) is 0 Å². The average molecular weight is 287 g/mol. The fourth-order valence-corrected chi connectivity index (χ4v) is 3.15. The van der Waals surface area contributed by atoms with Gasteiger partial charge in [0.2, 0.25) is 0 Å². The number of carbonyl (C=O) groups is 1. The Bertz CT molecular complexity index is 490. The topological polar surface area (TPSA) is 40.5 Å². The van der Waals surface area contributed by atoms with Gasteiger partial charge in [0.05, 0.1) is 0 Å². The number of hydrogen-bond donors (Lipinski definition) is 1. The molecule has 1 aromatic carbocycles. The first kappa shape index (κ1) is 15.8. The van der Waals surface area contributed by atoms with Crippen LogP contribution in [-0.4, -0.2) is 29.6 Å². The summed E-state index contributed by atoms with van der Waals surface area (Å²) in [6.07, 6.45) is 9.73. The van der Waals surface area contributed by atoms with E-state index in [9.17, 15) is 4.79 Å². The summed E-state index contributed by atoms with van der Waals surface area (Å²) >= 11 is 0. The molecule has 1 fully saturated rings. The van der Waals surface area contributed by atoms with E-state index in [1.165, 1.54) is 43.7 Å². The van der Waals surface area contributed by atoms with Crippen molar-refractivity contribution < 1.29 is 9.90 Å². The summed E-state index contributed by atoms with van der Waals surface area (Å²) in [7, 11) is 2.17. The van der Waals surface area contributed by atoms with Crippen molar-refractivity contribution in [2.45, 2.75) is 38.6 Å². The van der Waals surface area contributed by atoms with E-state index in [1.807, 2.05) is 12.1 Å². The summed E-state index contributed by atoms with van der Waals surface area (Å²) in [6, 6.07) is 8.10. The SMILES string of the molecule is CN(Cc1cccc(C=CC(=O)O)c1)CC1CCCCC1. The predicted octanol–water partition coefficient (Wildman–Crippen LogP) is 3.80. The van der Waals surface area contributed by atoms with Gasteiger partial charge in [0.25, 0.3) is 0 Å². The van der Waals surface area contributed by atoms with Crippen molar-refractivity contribution in [2.75, 3.05) is 13.6 Å². The summed E-state index contributed by atoms with van der Waals surface area (Å²) in [5.74, 6) is -0.0614. The molecule has 1 aliphatic carbocycles. The number of benzene rings is 1. The highest BCUT2D eigenvalue weighted by molar-refractivity contribution is 5.85. The molecule has 0 amide bonds. The molecule has 0 bridgehead atoms. The highest BCUT2D eigenvalue weighted by atomic mass is 16.4. The second kappa shape index (κ2) is 7.99. The molecule has 1 aliphatic rings. The largest absolute Gasteiger partial charge is 0.478 e. The van der Waals surface area contributed by atoms with E-state index >= 15 is 0 Å². The molecule has 1 aromatic rings. The van der Waals surface area contributed by atoms with Crippen LogP contribution in [0.2, 0.25) is 0 Å². The second-order valence-electron chi connectivity index (χ2n) is 6.12. The van der Waals surface area contributed by atoms with Gasteiger partial charge in [-0.15, -0.1) is 0 Å². The summed E-state index contributed by atoms with van der Waals surface area (Å²) in [5, 5.41) is 8.68. The van der Waals surface area contributed by atoms with E-state index in [2.05, 4.69) is 24.1 Å². The Labute approximate surface area is 127 Å². The van der Waals surface area contributed by atoms with E-state index < -0.39 is 5.97 Å². The van der Waals surface area contributed by atoms with E-state index in [1.54, 1.807) is 6.08 Å². The van der Waals surface area contributed by atoms with Crippen LogP contribution in [0.15, 0.2) is 30.3 Å². The summed E-state index contributed by atoms with van der Waals surface area (Å²) < 4.78 is 0. The van der Waals surface area contributed by atoms with Crippen LogP contribution in [-0.2, 0) is 11.3 Å². The molecule has 0 spiro atoms. The van der Waals surface area contributed by atoms with Crippen LogP contribution >= 0.6 is 0 Å². The molecule has 3 nitrogen and oxygen atoms in total. The average Bonchev–Trinajstić information content (AvgIpc) is 2.46. The third kappa shape index (κ3) is 5.72. The molecule has 0 heterocycles. The fourth-order valence-electron chi connectivity index (χ4n) is 3.15. The van der Waals surface area contributed by atoms with Crippen LogP contribution < -0.4 is 0 Å². The van der Waals surface area contributed by atoms with Gasteiger partial charge in [-0.2, -0.15) is 0 Å². The Kier molecular flexibility index (Phi) is 6.00. The van der Waals surface area contributed by atoms with Crippen LogP contribution in [0.5, 0.6) is 0 Å². The normalized spacial score (nSPS) is 16.7. The van der Waals surface area contributed by atoms with Gasteiger partial charge >= 0.3 is 5.97 Å². The van der Waals surface area contributed by atoms with Crippen molar-refractivity contribution in [3.05, 3.63) is 41.5 Å². The molecular weight excluding hydrogens is 262 g/mol. The van der Waals surface area contributed by atoms with Gasteiger partial charge in [0.15, 0.2) is 0 Å². The lowest BCUT2D eigenvalue weighted by atomic mass is 9.89. The zero-order chi connectivity index (χ0) is 15.1. The molecule has 1 saturated carbocycles. The molecule has 114 valence electrons. The predicted molar refractivity (Wildman–Crippen MR) is 86.0 cm³/mol. The molecule has 1 N–H and O–H groups in total. The molecule has 2 rings (SSSR count). The zero-order valence-electron chi connectivity index (χ0n) is 12.8. The van der Waals surface area contributed by atoms with Gasteiger partial charge in [-0.1, -0.05) is 43.5 Å². The second-order valence-corrected chi connectivity index (χ2v) is 6.12. The van der Waals surface area contributed by atoms with Crippen molar-refractivity contribution in [2.24, 2.45) is 5.92 Å². The monoisotopic (exact) mass is 287 g/mol. The first-order valence-corrected chi connectivity index (χ1v) is 7.82. The van der Waals surface area contributed by atoms with E-state index in [-0.39, 0.29) is 0 Å². The van der Waals surface area contributed by atoms with Gasteiger partial charge in [-0.25, -0.2) is 4.79 Å². The fraction of sp³-hybridized carbons (Fsp3) is 0.500. The highest BCUT2D eigenvalue weighted by Gasteiger charge is 2.15. The molecule has 21 heavy (non-hydrogen) atoms. The first-order chi connectivity index (χ1) is 10.1. The van der Waals surface area contributed by atoms with Crippen molar-refractivity contribution in [1.29, 1.82) is 0 Å². The van der Waals surface area contributed by atoms with E-state index in [0.29, 0.717) is 0 Å². The number of hydrogen-bond acceptors (Lipinski definition) is 2. The molecule has 3 heteroatoms. The molecular formula is C18H25NO2. The summed E-state index contributed by atoms with van der Waals surface area (Å²) in [5.41, 5.74) is 2.18. The number of carboxylic acids is 1. The van der Waals surface area contributed by atoms with Gasteiger partial charge in [0, 0.05) is 19.2 Å². The minimum Gasteiger partial charge on any atom is -0.478 e. The van der Waals surface area contributed by atoms with Crippen LogP contribution in [0.1, 0.15) is 43.2 Å². The Balaban J connectivity index is 1.89. The number of aliphatic carboxylic acids is 1. The van der Waals surface area contributed by atoms with Crippen molar-refractivity contribution in [3.8, 4) is 0 Å². The van der Waals surface area contributed by atoms with Gasteiger partial charge < -0.3 is 10.0 Å². The lowest BCUT2D eigenvalue weighted by molar-refractivity contribution is -0.131. The Morgan fingerprint density at radius 1 is 1.33 bits per heavy atom. The Morgan fingerprint density at radius 3 is 2.81 bits per heavy atom. The first-order valence-electron chi connectivity index (χ1n) is 7.82. The maximum Gasteiger partial charge on any atom is 0.328 e. The summed E-state index contributed by atoms with van der Waals surface area (Å²) in [6.45, 7) is 2.08. The van der Waals surface area contributed by atoms with Crippen molar-refractivity contribution in [1.82, 2.24) is 4.90 Å². The summed E-state index contributed by atoms with van der Waals surface area (Å²) in [4.78, 5) is 12.9. The van der Waals surface area contributed by atoms with E-state index in [0.717, 1.165) is 24.6 Å². The molecule has 0 aromatic heterocycles. The van der Waals surface area contributed by atoms with Gasteiger partial charge in [0.1, 0.15) is 0 Å². The minimum atomic E-state index is -0.908. The minimum absolute atomic E-state index is 0.846. The van der Waals surface area contributed by atoms with Crippen LogP contribution in [0, 0.1) is 5.92 Å².